The van der Waals surface area contributed by atoms with Crippen LogP contribution in [-0.2, 0) is 19.1 Å². The van der Waals surface area contributed by atoms with Crippen molar-refractivity contribution in [1.29, 1.82) is 0 Å². The van der Waals surface area contributed by atoms with E-state index >= 15 is 0 Å². The molecule has 0 aromatic heterocycles. The first-order valence-electron chi connectivity index (χ1n) is 7.80. The number of hydrogen-bond donors (Lipinski definition) is 0. The van der Waals surface area contributed by atoms with E-state index in [9.17, 15) is 9.59 Å². The lowest BCUT2D eigenvalue weighted by molar-refractivity contribution is -0.136. The van der Waals surface area contributed by atoms with Crippen LogP contribution in [0.1, 0.15) is 60.3 Å². The lowest BCUT2D eigenvalue weighted by atomic mass is 10.1. The predicted octanol–water partition coefficient (Wildman–Crippen LogP) is 4.98. The van der Waals surface area contributed by atoms with Crippen LogP contribution in [0.3, 0.4) is 0 Å². The van der Waals surface area contributed by atoms with Gasteiger partial charge in [-0.15, -0.1) is 0 Å². The lowest BCUT2D eigenvalue weighted by Gasteiger charge is -2.02. The standard InChI is InChI=1S/C19H28O4/c1-15(2)8-6-9-16(3)10-7-11-19(14-23-18(5)21)12-13-22-17(4)20/h8,10,12-14H,6-7,9,11H2,1-5H3/b13-12+,16-10+,19-14+. The Bertz CT molecular complexity index is 503. The van der Waals surface area contributed by atoms with E-state index in [0.29, 0.717) is 6.42 Å². The van der Waals surface area contributed by atoms with E-state index in [2.05, 4.69) is 32.9 Å². The van der Waals surface area contributed by atoms with Gasteiger partial charge in [-0.1, -0.05) is 23.3 Å². The molecular weight excluding hydrogens is 292 g/mol. The molecule has 128 valence electrons. The summed E-state index contributed by atoms with van der Waals surface area (Å²) in [4.78, 5) is 21.6. The molecule has 0 heterocycles. The number of hydrogen-bond acceptors (Lipinski definition) is 4. The van der Waals surface area contributed by atoms with Crippen molar-refractivity contribution < 1.29 is 19.1 Å². The molecule has 4 heteroatoms. The second-order valence-electron chi connectivity index (χ2n) is 5.62. The second kappa shape index (κ2) is 12.4. The van der Waals surface area contributed by atoms with Crippen LogP contribution < -0.4 is 0 Å². The van der Waals surface area contributed by atoms with Gasteiger partial charge in [0.2, 0.25) is 0 Å². The summed E-state index contributed by atoms with van der Waals surface area (Å²) in [5, 5.41) is 0. The van der Waals surface area contributed by atoms with Crippen LogP contribution in [0.2, 0.25) is 0 Å². The maximum Gasteiger partial charge on any atom is 0.307 e. The highest BCUT2D eigenvalue weighted by Crippen LogP contribution is 2.13. The average molecular weight is 320 g/mol. The first-order chi connectivity index (χ1) is 10.8. The minimum Gasteiger partial charge on any atom is -0.435 e. The van der Waals surface area contributed by atoms with Gasteiger partial charge < -0.3 is 9.47 Å². The summed E-state index contributed by atoms with van der Waals surface area (Å²) in [6, 6.07) is 0. The summed E-state index contributed by atoms with van der Waals surface area (Å²) in [5.74, 6) is -0.764. The molecule has 0 aliphatic carbocycles. The minimum atomic E-state index is -0.386. The van der Waals surface area contributed by atoms with Gasteiger partial charge in [0.15, 0.2) is 0 Å². The number of ether oxygens (including phenoxy) is 2. The third kappa shape index (κ3) is 14.6. The van der Waals surface area contributed by atoms with Gasteiger partial charge in [0.05, 0.1) is 12.5 Å². The van der Waals surface area contributed by atoms with Crippen LogP contribution in [0.5, 0.6) is 0 Å². The number of allylic oxidation sites excluding steroid dienone is 6. The monoisotopic (exact) mass is 320 g/mol. The maximum atomic E-state index is 10.9. The molecule has 0 aliphatic heterocycles. The van der Waals surface area contributed by atoms with Gasteiger partial charge in [0, 0.05) is 13.8 Å². The summed E-state index contributed by atoms with van der Waals surface area (Å²) in [5.41, 5.74) is 3.45. The molecule has 0 amide bonds. The average Bonchev–Trinajstić information content (AvgIpc) is 2.43. The lowest BCUT2D eigenvalue weighted by Crippen LogP contribution is -1.93. The van der Waals surface area contributed by atoms with Crippen LogP contribution in [0.15, 0.2) is 47.5 Å². The molecule has 0 saturated heterocycles. The van der Waals surface area contributed by atoms with Crippen molar-refractivity contribution >= 4 is 11.9 Å². The number of carbonyl (C=O) groups excluding carboxylic acids is 2. The van der Waals surface area contributed by atoms with Crippen LogP contribution in [-0.4, -0.2) is 11.9 Å². The van der Waals surface area contributed by atoms with E-state index in [1.54, 1.807) is 6.08 Å². The molecule has 23 heavy (non-hydrogen) atoms. The highest BCUT2D eigenvalue weighted by Gasteiger charge is 1.97. The maximum absolute atomic E-state index is 10.9. The van der Waals surface area contributed by atoms with Crippen molar-refractivity contribution in [3.05, 3.63) is 47.5 Å². The van der Waals surface area contributed by atoms with Crippen LogP contribution >= 0.6 is 0 Å². The van der Waals surface area contributed by atoms with Gasteiger partial charge in [0.25, 0.3) is 0 Å². The molecule has 0 unspecified atom stereocenters. The Hall–Kier alpha value is -2.10. The SMILES string of the molecule is CC(=O)O/C=C/C(=C/OC(C)=O)CC/C=C(\C)CCC=C(C)C. The first kappa shape index (κ1) is 20.9. The van der Waals surface area contributed by atoms with Crippen LogP contribution in [0, 0.1) is 0 Å². The molecule has 0 rings (SSSR count). The molecule has 0 spiro atoms. The molecule has 0 fully saturated rings. The third-order valence-corrected chi connectivity index (χ3v) is 2.91. The Morgan fingerprint density at radius 1 is 0.826 bits per heavy atom. The first-order valence-corrected chi connectivity index (χ1v) is 7.80. The van der Waals surface area contributed by atoms with Gasteiger partial charge in [-0.25, -0.2) is 0 Å². The molecule has 0 bridgehead atoms. The molecule has 0 radical (unpaired) electrons. The molecule has 0 aromatic carbocycles. The molecule has 0 aromatic rings. The largest absolute Gasteiger partial charge is 0.435 e. The van der Waals surface area contributed by atoms with E-state index in [-0.39, 0.29) is 11.9 Å². The zero-order valence-corrected chi connectivity index (χ0v) is 14.8. The molecule has 4 nitrogen and oxygen atoms in total. The molecule has 0 atom stereocenters. The second-order valence-corrected chi connectivity index (χ2v) is 5.62. The summed E-state index contributed by atoms with van der Waals surface area (Å²) in [6.07, 6.45) is 12.4. The summed E-state index contributed by atoms with van der Waals surface area (Å²) < 4.78 is 9.65. The fourth-order valence-electron chi connectivity index (χ4n) is 1.73. The Kier molecular flexibility index (Phi) is 11.3. The minimum absolute atomic E-state index is 0.378. The van der Waals surface area contributed by atoms with Crippen molar-refractivity contribution in [1.82, 2.24) is 0 Å². The fraction of sp³-hybridized carbons (Fsp3) is 0.474. The van der Waals surface area contributed by atoms with E-state index in [4.69, 9.17) is 9.47 Å². The predicted molar refractivity (Wildman–Crippen MR) is 92.4 cm³/mol. The van der Waals surface area contributed by atoms with Gasteiger partial charge in [-0.05, 0) is 58.1 Å². The normalized spacial score (nSPS) is 12.2. The van der Waals surface area contributed by atoms with E-state index < -0.39 is 0 Å². The summed E-state index contributed by atoms with van der Waals surface area (Å²) in [6.45, 7) is 8.99. The van der Waals surface area contributed by atoms with Crippen molar-refractivity contribution in [2.75, 3.05) is 0 Å². The van der Waals surface area contributed by atoms with Crippen LogP contribution in [0.4, 0.5) is 0 Å². The summed E-state index contributed by atoms with van der Waals surface area (Å²) >= 11 is 0. The van der Waals surface area contributed by atoms with E-state index in [1.165, 1.54) is 37.5 Å². The zero-order chi connectivity index (χ0) is 17.7. The van der Waals surface area contributed by atoms with Crippen molar-refractivity contribution in [3.63, 3.8) is 0 Å². The Morgan fingerprint density at radius 2 is 1.43 bits per heavy atom. The molecular formula is C19H28O4. The van der Waals surface area contributed by atoms with E-state index in [0.717, 1.165) is 24.8 Å². The van der Waals surface area contributed by atoms with Gasteiger partial charge >= 0.3 is 11.9 Å². The van der Waals surface area contributed by atoms with Crippen molar-refractivity contribution in [2.45, 2.75) is 60.3 Å². The Labute approximate surface area is 139 Å². The number of rotatable bonds is 9. The smallest absolute Gasteiger partial charge is 0.307 e. The third-order valence-electron chi connectivity index (χ3n) is 2.91. The van der Waals surface area contributed by atoms with Crippen molar-refractivity contribution in [3.8, 4) is 0 Å². The van der Waals surface area contributed by atoms with E-state index in [1.807, 2.05) is 0 Å². The summed E-state index contributed by atoms with van der Waals surface area (Å²) in [7, 11) is 0. The van der Waals surface area contributed by atoms with Gasteiger partial charge in [-0.3, -0.25) is 9.59 Å². The quantitative estimate of drug-likeness (QED) is 0.260. The molecule has 0 saturated carbocycles. The number of carbonyl (C=O) groups is 2. The van der Waals surface area contributed by atoms with Crippen LogP contribution in [0.25, 0.3) is 0 Å². The number of esters is 2. The Balaban J connectivity index is 4.50. The zero-order valence-electron chi connectivity index (χ0n) is 14.8. The van der Waals surface area contributed by atoms with Crippen molar-refractivity contribution in [2.24, 2.45) is 0 Å². The highest BCUT2D eigenvalue weighted by atomic mass is 16.5. The van der Waals surface area contributed by atoms with Gasteiger partial charge in [-0.2, -0.15) is 0 Å². The van der Waals surface area contributed by atoms with Gasteiger partial charge in [0.1, 0.15) is 0 Å². The highest BCUT2D eigenvalue weighted by molar-refractivity contribution is 5.67. The fourth-order valence-corrected chi connectivity index (χ4v) is 1.73. The Morgan fingerprint density at radius 3 is 2.00 bits per heavy atom. The molecule has 0 N–H and O–H groups in total. The molecule has 0 aliphatic rings. The topological polar surface area (TPSA) is 52.6 Å².